The van der Waals surface area contributed by atoms with Crippen LogP contribution in [0.1, 0.15) is 12.5 Å². The van der Waals surface area contributed by atoms with Crippen LogP contribution >= 0.6 is 0 Å². The number of carboxylic acid groups (broad SMARTS) is 1. The molecule has 0 aliphatic rings. The van der Waals surface area contributed by atoms with Gasteiger partial charge in [0.1, 0.15) is 5.75 Å². The Morgan fingerprint density at radius 3 is 2.36 bits per heavy atom. The van der Waals surface area contributed by atoms with Crippen LogP contribution in [0.25, 0.3) is 11.1 Å². The van der Waals surface area contributed by atoms with Gasteiger partial charge in [-0.1, -0.05) is 48.5 Å². The van der Waals surface area contributed by atoms with Crippen LogP contribution in [0.4, 0.5) is 0 Å². The summed E-state index contributed by atoms with van der Waals surface area (Å²) in [5, 5.41) is 13.0. The van der Waals surface area contributed by atoms with Gasteiger partial charge in [0.25, 0.3) is 5.91 Å². The quantitative estimate of drug-likeness (QED) is 0.361. The highest BCUT2D eigenvalue weighted by Crippen LogP contribution is 2.31. The summed E-state index contributed by atoms with van der Waals surface area (Å²) < 4.78 is 16.2. The van der Waals surface area contributed by atoms with Crippen molar-refractivity contribution in [1.82, 2.24) is 5.43 Å². The summed E-state index contributed by atoms with van der Waals surface area (Å²) in [7, 11) is 1.44. The number of carbonyl (C=O) groups is 2. The Bertz CT molecular complexity index is 1110. The Hall–Kier alpha value is -4.33. The van der Waals surface area contributed by atoms with Crippen LogP contribution in [0.5, 0.6) is 17.2 Å². The molecular weight excluding hydrogens is 424 g/mol. The van der Waals surface area contributed by atoms with Crippen molar-refractivity contribution in [3.63, 3.8) is 0 Å². The highest BCUT2D eigenvalue weighted by atomic mass is 16.5. The molecule has 3 rings (SSSR count). The number of hydrogen-bond donors (Lipinski definition) is 2. The number of para-hydroxylation sites is 1. The van der Waals surface area contributed by atoms with Gasteiger partial charge in [-0.15, -0.1) is 0 Å². The fourth-order valence-corrected chi connectivity index (χ4v) is 2.88. The molecule has 0 radical (unpaired) electrons. The maximum atomic E-state index is 12.1. The number of amides is 1. The molecule has 1 atom stereocenters. The van der Waals surface area contributed by atoms with Crippen molar-refractivity contribution in [2.75, 3.05) is 13.7 Å². The highest BCUT2D eigenvalue weighted by Gasteiger charge is 2.18. The van der Waals surface area contributed by atoms with E-state index in [1.807, 2.05) is 42.5 Å². The summed E-state index contributed by atoms with van der Waals surface area (Å²) in [4.78, 5) is 23.2. The fourth-order valence-electron chi connectivity index (χ4n) is 2.88. The van der Waals surface area contributed by atoms with Gasteiger partial charge in [-0.05, 0) is 42.3 Å². The van der Waals surface area contributed by atoms with Gasteiger partial charge in [0.2, 0.25) is 0 Å². The maximum Gasteiger partial charge on any atom is 0.344 e. The number of nitrogens with one attached hydrogen (secondary N) is 1. The van der Waals surface area contributed by atoms with Crippen LogP contribution in [0, 0.1) is 0 Å². The number of methoxy groups -OCH3 is 1. The zero-order valence-electron chi connectivity index (χ0n) is 18.2. The number of benzene rings is 3. The molecule has 0 aliphatic heterocycles. The number of hydrogen-bond acceptors (Lipinski definition) is 6. The number of ether oxygens (including phenoxy) is 3. The number of hydrazone groups is 1. The number of aliphatic carboxylic acids is 1. The van der Waals surface area contributed by atoms with E-state index in [1.54, 1.807) is 30.3 Å². The molecule has 170 valence electrons. The van der Waals surface area contributed by atoms with Gasteiger partial charge < -0.3 is 19.3 Å². The van der Waals surface area contributed by atoms with E-state index in [1.165, 1.54) is 20.2 Å². The average molecular weight is 448 g/mol. The molecule has 0 heterocycles. The molecule has 0 bridgehead atoms. The number of nitrogens with zero attached hydrogens (tertiary/aromatic N) is 1. The molecular formula is C25H24N2O6. The smallest absolute Gasteiger partial charge is 0.344 e. The molecule has 33 heavy (non-hydrogen) atoms. The molecule has 2 N–H and O–H groups in total. The van der Waals surface area contributed by atoms with Crippen LogP contribution in [-0.2, 0) is 9.59 Å². The third-order valence-electron chi connectivity index (χ3n) is 4.60. The van der Waals surface area contributed by atoms with Crippen LogP contribution in [0.2, 0.25) is 0 Å². The first kappa shape index (κ1) is 23.3. The highest BCUT2D eigenvalue weighted by molar-refractivity contribution is 5.87. The maximum absolute atomic E-state index is 12.1. The Morgan fingerprint density at radius 1 is 1.00 bits per heavy atom. The molecule has 8 heteroatoms. The number of carbonyl (C=O) groups excluding carboxylic acids is 1. The molecule has 0 unspecified atom stereocenters. The van der Waals surface area contributed by atoms with E-state index < -0.39 is 18.0 Å². The molecule has 0 fully saturated rings. The van der Waals surface area contributed by atoms with E-state index in [-0.39, 0.29) is 12.4 Å². The van der Waals surface area contributed by atoms with Crippen molar-refractivity contribution in [3.05, 3.63) is 78.4 Å². The van der Waals surface area contributed by atoms with E-state index >= 15 is 0 Å². The predicted molar refractivity (Wildman–Crippen MR) is 124 cm³/mol. The van der Waals surface area contributed by atoms with E-state index in [0.29, 0.717) is 17.1 Å². The lowest BCUT2D eigenvalue weighted by atomic mass is 10.1. The fraction of sp³-hybridized carbons (Fsp3) is 0.160. The number of carboxylic acids is 1. The first-order chi connectivity index (χ1) is 16.0. The van der Waals surface area contributed by atoms with Gasteiger partial charge in [0.05, 0.1) is 13.3 Å². The van der Waals surface area contributed by atoms with Crippen molar-refractivity contribution >= 4 is 18.1 Å². The van der Waals surface area contributed by atoms with Gasteiger partial charge in [-0.25, -0.2) is 10.2 Å². The normalized spacial score (nSPS) is 11.6. The van der Waals surface area contributed by atoms with Crippen molar-refractivity contribution in [2.24, 2.45) is 5.10 Å². The van der Waals surface area contributed by atoms with Crippen LogP contribution in [-0.4, -0.2) is 43.0 Å². The second kappa shape index (κ2) is 11.3. The molecule has 0 saturated carbocycles. The minimum absolute atomic E-state index is 0.211. The van der Waals surface area contributed by atoms with Crippen molar-refractivity contribution in [1.29, 1.82) is 0 Å². The minimum Gasteiger partial charge on any atom is -0.493 e. The molecule has 1 amide bonds. The van der Waals surface area contributed by atoms with E-state index in [0.717, 1.165) is 11.1 Å². The number of rotatable bonds is 10. The Balaban J connectivity index is 1.56. The average Bonchev–Trinajstić information content (AvgIpc) is 2.84. The first-order valence-corrected chi connectivity index (χ1v) is 10.1. The van der Waals surface area contributed by atoms with Crippen molar-refractivity contribution < 1.29 is 28.9 Å². The Labute approximate surface area is 191 Å². The SMILES string of the molecule is COc1cccc(/C=N/NC(=O)COc2ccc(-c3ccccc3)cc2)c1O[C@H](C)C(=O)O. The Morgan fingerprint density at radius 2 is 1.70 bits per heavy atom. The first-order valence-electron chi connectivity index (χ1n) is 10.1. The molecule has 0 saturated heterocycles. The van der Waals surface area contributed by atoms with Gasteiger partial charge in [-0.3, -0.25) is 4.79 Å². The third-order valence-corrected chi connectivity index (χ3v) is 4.60. The van der Waals surface area contributed by atoms with Gasteiger partial charge in [0, 0.05) is 5.56 Å². The molecule has 0 aliphatic carbocycles. The van der Waals surface area contributed by atoms with Crippen molar-refractivity contribution in [2.45, 2.75) is 13.0 Å². The standard InChI is InChI=1S/C25H24N2O6/c1-17(25(29)30)33-24-20(9-6-10-22(24)31-2)15-26-27-23(28)16-32-21-13-11-19(12-14-21)18-7-4-3-5-8-18/h3-15,17H,16H2,1-2H3,(H,27,28)(H,29,30)/b26-15+/t17-/m1/s1. The second-order valence-corrected chi connectivity index (χ2v) is 6.95. The van der Waals surface area contributed by atoms with E-state index in [4.69, 9.17) is 19.3 Å². The molecule has 3 aromatic carbocycles. The second-order valence-electron chi connectivity index (χ2n) is 6.95. The monoisotopic (exact) mass is 448 g/mol. The summed E-state index contributed by atoms with van der Waals surface area (Å²) in [6, 6.07) is 22.4. The largest absolute Gasteiger partial charge is 0.493 e. The van der Waals surface area contributed by atoms with Crippen LogP contribution in [0.15, 0.2) is 77.9 Å². The van der Waals surface area contributed by atoms with E-state index in [2.05, 4.69) is 10.5 Å². The van der Waals surface area contributed by atoms with Gasteiger partial charge >= 0.3 is 5.97 Å². The molecule has 8 nitrogen and oxygen atoms in total. The molecule has 0 aromatic heterocycles. The summed E-state index contributed by atoms with van der Waals surface area (Å²) in [5.41, 5.74) is 4.96. The van der Waals surface area contributed by atoms with Gasteiger partial charge in [0.15, 0.2) is 24.2 Å². The third kappa shape index (κ3) is 6.57. The summed E-state index contributed by atoms with van der Waals surface area (Å²) in [6.07, 6.45) is 0.253. The summed E-state index contributed by atoms with van der Waals surface area (Å²) in [6.45, 7) is 1.18. The van der Waals surface area contributed by atoms with Crippen LogP contribution < -0.4 is 19.6 Å². The topological polar surface area (TPSA) is 106 Å². The lowest BCUT2D eigenvalue weighted by Gasteiger charge is -2.15. The summed E-state index contributed by atoms with van der Waals surface area (Å²) in [5.74, 6) is -0.461. The van der Waals surface area contributed by atoms with Gasteiger partial charge in [-0.2, -0.15) is 5.10 Å². The summed E-state index contributed by atoms with van der Waals surface area (Å²) >= 11 is 0. The molecule has 3 aromatic rings. The lowest BCUT2D eigenvalue weighted by Crippen LogP contribution is -2.25. The molecule has 0 spiro atoms. The van der Waals surface area contributed by atoms with Crippen molar-refractivity contribution in [3.8, 4) is 28.4 Å². The lowest BCUT2D eigenvalue weighted by molar-refractivity contribution is -0.144. The van der Waals surface area contributed by atoms with Crippen LogP contribution in [0.3, 0.4) is 0 Å². The minimum atomic E-state index is -1.12. The Kier molecular flexibility index (Phi) is 8.02. The van der Waals surface area contributed by atoms with E-state index in [9.17, 15) is 9.59 Å². The zero-order chi connectivity index (χ0) is 23.6. The predicted octanol–water partition coefficient (Wildman–Crippen LogP) is 3.74. The zero-order valence-corrected chi connectivity index (χ0v) is 18.2.